The molecule has 2 aromatic carbocycles. The lowest BCUT2D eigenvalue weighted by atomic mass is 10.1. The van der Waals surface area contributed by atoms with Gasteiger partial charge in [0.1, 0.15) is 0 Å². The van der Waals surface area contributed by atoms with Gasteiger partial charge in [-0.1, -0.05) is 67.9 Å². The SMILES string of the molecule is CCCCCn1c(SCc2ccccn2)nc2cc(C(=O)N(C)Cc3ccccc3)ccc2c1=O. The van der Waals surface area contributed by atoms with Crippen LogP contribution in [0, 0.1) is 0 Å². The molecule has 2 aromatic heterocycles. The summed E-state index contributed by atoms with van der Waals surface area (Å²) in [5.74, 6) is 0.512. The Morgan fingerprint density at radius 3 is 2.57 bits per heavy atom. The zero-order valence-electron chi connectivity index (χ0n) is 20.2. The molecule has 2 heterocycles. The average Bonchev–Trinajstić information content (AvgIpc) is 2.89. The number of hydrogen-bond donors (Lipinski definition) is 0. The number of pyridine rings is 1. The number of fused-ring (bicyclic) bond motifs is 1. The maximum Gasteiger partial charge on any atom is 0.262 e. The summed E-state index contributed by atoms with van der Waals surface area (Å²) in [5.41, 5.74) is 2.99. The lowest BCUT2D eigenvalue weighted by Crippen LogP contribution is -2.27. The first-order valence-corrected chi connectivity index (χ1v) is 12.9. The second-order valence-electron chi connectivity index (χ2n) is 8.55. The third-order valence-corrected chi connectivity index (χ3v) is 6.85. The van der Waals surface area contributed by atoms with E-state index in [0.717, 1.165) is 30.5 Å². The average molecular weight is 487 g/mol. The number of aromatic nitrogens is 3. The van der Waals surface area contributed by atoms with E-state index in [1.54, 1.807) is 40.9 Å². The van der Waals surface area contributed by atoms with Gasteiger partial charge in [-0.2, -0.15) is 0 Å². The standard InChI is InChI=1S/C28H30N4O2S/c1-3-4-10-17-32-27(34)24-15-14-22(26(33)31(2)19-21-11-6-5-7-12-21)18-25(24)30-28(32)35-20-23-13-8-9-16-29-23/h5-9,11-16,18H,3-4,10,17,19-20H2,1-2H3. The molecule has 0 atom stereocenters. The normalized spacial score (nSPS) is 11.0. The van der Waals surface area contributed by atoms with Crippen LogP contribution in [-0.4, -0.2) is 32.4 Å². The molecule has 0 saturated heterocycles. The van der Waals surface area contributed by atoms with Crippen LogP contribution in [0.1, 0.15) is 47.8 Å². The molecule has 0 aliphatic rings. The number of nitrogens with zero attached hydrogens (tertiary/aromatic N) is 4. The molecule has 0 aliphatic carbocycles. The monoisotopic (exact) mass is 486 g/mol. The van der Waals surface area contributed by atoms with Crippen LogP contribution in [0.3, 0.4) is 0 Å². The van der Waals surface area contributed by atoms with E-state index in [9.17, 15) is 9.59 Å². The molecule has 0 saturated carbocycles. The number of carbonyl (C=O) groups excluding carboxylic acids is 1. The molecule has 0 spiro atoms. The smallest absolute Gasteiger partial charge is 0.262 e. The van der Waals surface area contributed by atoms with E-state index >= 15 is 0 Å². The Morgan fingerprint density at radius 2 is 1.83 bits per heavy atom. The van der Waals surface area contributed by atoms with Crippen molar-refractivity contribution < 1.29 is 4.79 Å². The number of hydrogen-bond acceptors (Lipinski definition) is 5. The van der Waals surface area contributed by atoms with E-state index < -0.39 is 0 Å². The lowest BCUT2D eigenvalue weighted by molar-refractivity contribution is 0.0785. The number of unbranched alkanes of at least 4 members (excludes halogenated alkanes) is 2. The van der Waals surface area contributed by atoms with Gasteiger partial charge < -0.3 is 4.90 Å². The first-order chi connectivity index (χ1) is 17.1. The molecular weight excluding hydrogens is 456 g/mol. The van der Waals surface area contributed by atoms with Crippen LogP contribution in [0.25, 0.3) is 10.9 Å². The third kappa shape index (κ3) is 6.17. The van der Waals surface area contributed by atoms with Crippen LogP contribution in [0.5, 0.6) is 0 Å². The van der Waals surface area contributed by atoms with Crippen molar-refractivity contribution in [3.05, 3.63) is 100 Å². The fourth-order valence-corrected chi connectivity index (χ4v) is 4.87. The van der Waals surface area contributed by atoms with E-state index in [1.165, 1.54) is 11.8 Å². The highest BCUT2D eigenvalue weighted by molar-refractivity contribution is 7.98. The minimum absolute atomic E-state index is 0.0636. The Morgan fingerprint density at radius 1 is 1.03 bits per heavy atom. The Bertz CT molecular complexity index is 1340. The molecule has 180 valence electrons. The fraction of sp³-hybridized carbons (Fsp3) is 0.286. The van der Waals surface area contributed by atoms with Crippen LogP contribution < -0.4 is 5.56 Å². The van der Waals surface area contributed by atoms with Crippen LogP contribution in [0.2, 0.25) is 0 Å². The third-order valence-electron chi connectivity index (χ3n) is 5.84. The van der Waals surface area contributed by atoms with E-state index in [4.69, 9.17) is 4.98 Å². The van der Waals surface area contributed by atoms with Crippen molar-refractivity contribution in [2.75, 3.05) is 7.05 Å². The zero-order chi connectivity index (χ0) is 24.6. The second-order valence-corrected chi connectivity index (χ2v) is 9.49. The molecule has 0 radical (unpaired) electrons. The lowest BCUT2D eigenvalue weighted by Gasteiger charge is -2.18. The van der Waals surface area contributed by atoms with Crippen LogP contribution in [-0.2, 0) is 18.8 Å². The van der Waals surface area contributed by atoms with Crippen molar-refractivity contribution in [3.8, 4) is 0 Å². The molecule has 0 bridgehead atoms. The summed E-state index contributed by atoms with van der Waals surface area (Å²) in [6.45, 7) is 3.28. The first-order valence-electron chi connectivity index (χ1n) is 11.9. The highest BCUT2D eigenvalue weighted by Gasteiger charge is 2.17. The highest BCUT2D eigenvalue weighted by atomic mass is 32.2. The van der Waals surface area contributed by atoms with Gasteiger partial charge in [-0.25, -0.2) is 4.98 Å². The summed E-state index contributed by atoms with van der Waals surface area (Å²) < 4.78 is 1.77. The Hall–Kier alpha value is -3.45. The molecule has 4 aromatic rings. The van der Waals surface area contributed by atoms with Gasteiger partial charge in [0.25, 0.3) is 11.5 Å². The first kappa shape index (κ1) is 24.7. The number of carbonyl (C=O) groups is 1. The quantitative estimate of drug-likeness (QED) is 0.167. The molecule has 0 fully saturated rings. The van der Waals surface area contributed by atoms with Crippen LogP contribution >= 0.6 is 11.8 Å². The molecule has 0 N–H and O–H groups in total. The van der Waals surface area contributed by atoms with E-state index in [-0.39, 0.29) is 11.5 Å². The Labute approximate surface area is 210 Å². The molecule has 1 amide bonds. The van der Waals surface area contributed by atoms with Crippen molar-refractivity contribution in [1.29, 1.82) is 0 Å². The predicted octanol–water partition coefficient (Wildman–Crippen LogP) is 5.55. The number of benzene rings is 2. The molecule has 35 heavy (non-hydrogen) atoms. The number of amides is 1. The van der Waals surface area contributed by atoms with Crippen LogP contribution in [0.15, 0.2) is 82.9 Å². The van der Waals surface area contributed by atoms with Crippen LogP contribution in [0.4, 0.5) is 0 Å². The summed E-state index contributed by atoms with van der Waals surface area (Å²) in [5, 5.41) is 1.19. The zero-order valence-corrected chi connectivity index (χ0v) is 21.0. The molecule has 0 aliphatic heterocycles. The summed E-state index contributed by atoms with van der Waals surface area (Å²) >= 11 is 1.50. The second kappa shape index (κ2) is 11.8. The van der Waals surface area contributed by atoms with Crippen molar-refractivity contribution in [1.82, 2.24) is 19.4 Å². The van der Waals surface area contributed by atoms with E-state index in [2.05, 4.69) is 11.9 Å². The van der Waals surface area contributed by atoms with Gasteiger partial charge in [0.05, 0.1) is 16.6 Å². The topological polar surface area (TPSA) is 68.1 Å². The van der Waals surface area contributed by atoms with Gasteiger partial charge in [-0.05, 0) is 42.3 Å². The Kier molecular flexibility index (Phi) is 8.32. The minimum atomic E-state index is -0.104. The predicted molar refractivity (Wildman–Crippen MR) is 142 cm³/mol. The minimum Gasteiger partial charge on any atom is -0.337 e. The molecule has 4 rings (SSSR count). The van der Waals surface area contributed by atoms with E-state index in [1.807, 2.05) is 48.5 Å². The molecule has 6 nitrogen and oxygen atoms in total. The number of thioether (sulfide) groups is 1. The van der Waals surface area contributed by atoms with Gasteiger partial charge in [0.15, 0.2) is 5.16 Å². The summed E-state index contributed by atoms with van der Waals surface area (Å²) in [7, 11) is 1.78. The van der Waals surface area contributed by atoms with Crippen molar-refractivity contribution in [3.63, 3.8) is 0 Å². The summed E-state index contributed by atoms with van der Waals surface area (Å²) in [6, 6.07) is 20.9. The van der Waals surface area contributed by atoms with Crippen molar-refractivity contribution in [2.45, 2.75) is 50.2 Å². The van der Waals surface area contributed by atoms with E-state index in [0.29, 0.717) is 40.5 Å². The molecule has 0 unspecified atom stereocenters. The molecule has 7 heteroatoms. The summed E-state index contributed by atoms with van der Waals surface area (Å²) in [4.78, 5) is 37.4. The van der Waals surface area contributed by atoms with Gasteiger partial charge in [-0.3, -0.25) is 19.1 Å². The highest BCUT2D eigenvalue weighted by Crippen LogP contribution is 2.23. The maximum absolute atomic E-state index is 13.4. The van der Waals surface area contributed by atoms with Crippen molar-refractivity contribution >= 4 is 28.6 Å². The van der Waals surface area contributed by atoms with Gasteiger partial charge in [-0.15, -0.1) is 0 Å². The van der Waals surface area contributed by atoms with Gasteiger partial charge >= 0.3 is 0 Å². The summed E-state index contributed by atoms with van der Waals surface area (Å²) in [6.07, 6.45) is 4.81. The largest absolute Gasteiger partial charge is 0.337 e. The van der Waals surface area contributed by atoms with Crippen molar-refractivity contribution in [2.24, 2.45) is 0 Å². The Balaban J connectivity index is 1.64. The van der Waals surface area contributed by atoms with Gasteiger partial charge in [0.2, 0.25) is 0 Å². The fourth-order valence-electron chi connectivity index (χ4n) is 3.93. The molecular formula is C28H30N4O2S. The van der Waals surface area contributed by atoms with Gasteiger partial charge in [0, 0.05) is 37.7 Å². The maximum atomic E-state index is 13.4. The number of rotatable bonds is 10.